The molecule has 0 saturated carbocycles. The van der Waals surface area contributed by atoms with Crippen molar-refractivity contribution in [2.75, 3.05) is 11.9 Å². The molecule has 1 atom stereocenters. The molecule has 1 unspecified atom stereocenters. The van der Waals surface area contributed by atoms with Gasteiger partial charge in [0, 0.05) is 17.0 Å². The number of carbonyl (C=O) groups is 1. The first-order valence-corrected chi connectivity index (χ1v) is 14.8. The maximum atomic E-state index is 12.9. The molecule has 0 bridgehead atoms. The van der Waals surface area contributed by atoms with E-state index < -0.39 is 33.0 Å². The highest BCUT2D eigenvalue weighted by atomic mass is 79.9. The van der Waals surface area contributed by atoms with Crippen LogP contribution in [0.25, 0.3) is 11.1 Å². The maximum Gasteiger partial charge on any atom is 0.534 e. The van der Waals surface area contributed by atoms with Crippen LogP contribution < -0.4 is 13.7 Å². The van der Waals surface area contributed by atoms with E-state index in [1.54, 1.807) is 6.07 Å². The highest BCUT2D eigenvalue weighted by Crippen LogP contribution is 2.45. The third kappa shape index (κ3) is 6.32. The molecule has 1 aliphatic carbocycles. The summed E-state index contributed by atoms with van der Waals surface area (Å²) < 4.78 is 77.7. The van der Waals surface area contributed by atoms with E-state index in [9.17, 15) is 26.4 Å². The summed E-state index contributed by atoms with van der Waals surface area (Å²) in [7, 11) is -6.02. The predicted molar refractivity (Wildman–Crippen MR) is 145 cm³/mol. The number of ether oxygens (including phenoxy) is 2. The van der Waals surface area contributed by atoms with E-state index in [0.29, 0.717) is 30.2 Å². The summed E-state index contributed by atoms with van der Waals surface area (Å²) in [5.74, 6) is -0.433. The lowest BCUT2D eigenvalue weighted by Gasteiger charge is -2.19. The summed E-state index contributed by atoms with van der Waals surface area (Å²) in [5, 5.41) is 1.16. The zero-order valence-electron chi connectivity index (χ0n) is 19.9. The lowest BCUT2D eigenvalue weighted by Crippen LogP contribution is -2.28. The van der Waals surface area contributed by atoms with Crippen molar-refractivity contribution in [1.29, 1.82) is 0 Å². The van der Waals surface area contributed by atoms with Gasteiger partial charge in [-0.25, -0.2) is 0 Å². The first kappa shape index (κ1) is 29.5. The van der Waals surface area contributed by atoms with Crippen molar-refractivity contribution in [3.05, 3.63) is 75.3 Å². The van der Waals surface area contributed by atoms with E-state index in [-0.39, 0.29) is 17.1 Å². The van der Waals surface area contributed by atoms with E-state index in [1.807, 2.05) is 30.3 Å². The van der Waals surface area contributed by atoms with Crippen LogP contribution in [0.5, 0.6) is 17.2 Å². The molecular weight excluding hydrogens is 648 g/mol. The fourth-order valence-electron chi connectivity index (χ4n) is 4.18. The third-order valence-corrected chi connectivity index (χ3v) is 8.16. The largest absolute Gasteiger partial charge is 0.534 e. The van der Waals surface area contributed by atoms with Gasteiger partial charge in [0.2, 0.25) is 0 Å². The van der Waals surface area contributed by atoms with Crippen molar-refractivity contribution in [2.24, 2.45) is 0 Å². The van der Waals surface area contributed by atoms with Crippen molar-refractivity contribution in [3.63, 3.8) is 0 Å². The molecule has 0 spiro atoms. The van der Waals surface area contributed by atoms with E-state index in [2.05, 4.69) is 20.1 Å². The average molecular weight is 668 g/mol. The van der Waals surface area contributed by atoms with E-state index >= 15 is 0 Å². The van der Waals surface area contributed by atoms with E-state index in [4.69, 9.17) is 32.7 Å². The Bertz CT molecular complexity index is 1500. The number of carbonyl (C=O) groups excluding carboxylic acids is 1. The molecule has 0 saturated heterocycles. The van der Waals surface area contributed by atoms with Crippen molar-refractivity contribution >= 4 is 55.5 Å². The number of alkyl halides is 4. The fourth-order valence-corrected chi connectivity index (χ4v) is 5.38. The molecule has 0 fully saturated rings. The topological polar surface area (TPSA) is 78.9 Å². The second kappa shape index (κ2) is 12.0. The predicted octanol–water partition coefficient (Wildman–Crippen LogP) is 7.93. The number of halogens is 6. The van der Waals surface area contributed by atoms with Gasteiger partial charge < -0.3 is 13.7 Å². The summed E-state index contributed by atoms with van der Waals surface area (Å²) in [6.45, 7) is 0.497. The second-order valence-electron chi connectivity index (χ2n) is 8.45. The van der Waals surface area contributed by atoms with Gasteiger partial charge in [-0.15, -0.1) is 0 Å². The Morgan fingerprint density at radius 2 is 1.74 bits per heavy atom. The average Bonchev–Trinajstić information content (AvgIpc) is 3.29. The van der Waals surface area contributed by atoms with E-state index in [1.165, 1.54) is 0 Å². The number of benzene rings is 3. The van der Waals surface area contributed by atoms with Gasteiger partial charge in [-0.2, -0.15) is 21.6 Å². The van der Waals surface area contributed by atoms with Crippen LogP contribution in [0.15, 0.2) is 48.5 Å². The van der Waals surface area contributed by atoms with Crippen LogP contribution in [0.2, 0.25) is 10.0 Å². The molecule has 1 aliphatic rings. The molecule has 4 rings (SSSR count). The van der Waals surface area contributed by atoms with Gasteiger partial charge in [-0.1, -0.05) is 69.5 Å². The quantitative estimate of drug-likeness (QED) is 0.0718. The number of fused-ring (bicyclic) bond motifs is 1. The molecule has 0 aliphatic heterocycles. The van der Waals surface area contributed by atoms with Gasteiger partial charge in [0.25, 0.3) is 0 Å². The summed E-state index contributed by atoms with van der Waals surface area (Å²) in [4.78, 5) is 11.4. The lowest BCUT2D eigenvalue weighted by atomic mass is 9.96. The van der Waals surface area contributed by atoms with Crippen molar-refractivity contribution in [2.45, 2.75) is 30.9 Å². The van der Waals surface area contributed by atoms with E-state index in [0.717, 1.165) is 46.1 Å². The van der Waals surface area contributed by atoms with Crippen molar-refractivity contribution in [1.82, 2.24) is 0 Å². The minimum Gasteiger partial charge on any atom is -0.492 e. The summed E-state index contributed by atoms with van der Waals surface area (Å²) >= 11 is 16.3. The Balaban J connectivity index is 1.65. The molecule has 0 N–H and O–H groups in total. The standard InChI is InChI=1S/C26H20BrCl2F3O6S/c27-10-3-11-36-22-7-2-6-19(25(22)29)16-4-1-5-18-17(16)8-9-21(18)37-24-13-23(15(14-33)12-20(24)28)38-39(34,35)26(30,31)32/h1-2,4-7,12-14,21H,3,8-11H2. The Kier molecular flexibility index (Phi) is 9.05. The maximum absolute atomic E-state index is 12.9. The zero-order chi connectivity index (χ0) is 28.4. The third-order valence-electron chi connectivity index (χ3n) is 5.95. The highest BCUT2D eigenvalue weighted by molar-refractivity contribution is 9.09. The summed E-state index contributed by atoms with van der Waals surface area (Å²) in [6.07, 6.45) is 1.47. The van der Waals surface area contributed by atoms with Crippen LogP contribution in [0.3, 0.4) is 0 Å². The van der Waals surface area contributed by atoms with Crippen molar-refractivity contribution < 1.29 is 40.0 Å². The molecule has 39 heavy (non-hydrogen) atoms. The number of hydrogen-bond acceptors (Lipinski definition) is 6. The molecule has 0 amide bonds. The lowest BCUT2D eigenvalue weighted by molar-refractivity contribution is -0.0500. The SMILES string of the molecule is O=Cc1cc(Cl)c(OC2CCc3c(-c4cccc(OCCCBr)c4Cl)cccc32)cc1OS(=O)(=O)C(F)(F)F. The number of rotatable bonds is 10. The summed E-state index contributed by atoms with van der Waals surface area (Å²) in [5.41, 5.74) is -2.77. The van der Waals surface area contributed by atoms with Gasteiger partial charge in [-0.3, -0.25) is 4.79 Å². The van der Waals surface area contributed by atoms with Crippen LogP contribution in [-0.2, 0) is 16.5 Å². The Hall–Kier alpha value is -2.47. The van der Waals surface area contributed by atoms with Gasteiger partial charge in [-0.05, 0) is 48.1 Å². The molecule has 6 nitrogen and oxygen atoms in total. The second-order valence-corrected chi connectivity index (χ2v) is 11.6. The van der Waals surface area contributed by atoms with Crippen LogP contribution in [-0.4, -0.2) is 32.1 Å². The van der Waals surface area contributed by atoms with Gasteiger partial charge in [0.05, 0.1) is 22.2 Å². The molecule has 13 heteroatoms. The highest BCUT2D eigenvalue weighted by Gasteiger charge is 2.49. The zero-order valence-corrected chi connectivity index (χ0v) is 23.8. The minimum absolute atomic E-state index is 0.102. The van der Waals surface area contributed by atoms with Gasteiger partial charge >= 0.3 is 15.6 Å². The monoisotopic (exact) mass is 666 g/mol. The van der Waals surface area contributed by atoms with Crippen LogP contribution in [0.1, 0.15) is 40.4 Å². The summed E-state index contributed by atoms with van der Waals surface area (Å²) in [6, 6.07) is 13.0. The van der Waals surface area contributed by atoms with Gasteiger partial charge in [0.1, 0.15) is 17.6 Å². The Labute approximate surface area is 241 Å². The van der Waals surface area contributed by atoms with Crippen LogP contribution >= 0.6 is 39.1 Å². The molecular formula is C26H20BrCl2F3O6S. The first-order valence-electron chi connectivity index (χ1n) is 11.5. The van der Waals surface area contributed by atoms with Crippen LogP contribution in [0, 0.1) is 0 Å². The minimum atomic E-state index is -6.02. The van der Waals surface area contributed by atoms with Crippen molar-refractivity contribution in [3.8, 4) is 28.4 Å². The molecule has 3 aromatic carbocycles. The molecule has 0 radical (unpaired) electrons. The molecule has 0 heterocycles. The molecule has 3 aromatic rings. The first-order chi connectivity index (χ1) is 18.5. The molecule has 208 valence electrons. The normalized spacial score (nSPS) is 15.1. The smallest absolute Gasteiger partial charge is 0.492 e. The number of hydrogen-bond donors (Lipinski definition) is 0. The van der Waals surface area contributed by atoms with Gasteiger partial charge in [0.15, 0.2) is 12.0 Å². The number of aldehydes is 1. The molecule has 0 aromatic heterocycles. The Morgan fingerprint density at radius 1 is 1.03 bits per heavy atom. The van der Waals surface area contributed by atoms with Crippen LogP contribution in [0.4, 0.5) is 13.2 Å². The fraction of sp³-hybridized carbons (Fsp3) is 0.269. The Morgan fingerprint density at radius 3 is 2.44 bits per heavy atom.